The number of hydrogen-bond acceptors (Lipinski definition) is 3. The van der Waals surface area contributed by atoms with Crippen LogP contribution in [0.3, 0.4) is 0 Å². The number of nitrogens with zero attached hydrogens (tertiary/aromatic N) is 2. The van der Waals surface area contributed by atoms with Gasteiger partial charge in [0.15, 0.2) is 0 Å². The average Bonchev–Trinajstić information content (AvgIpc) is 2.53. The first-order valence-corrected chi connectivity index (χ1v) is 8.19. The first-order chi connectivity index (χ1) is 10.1. The minimum absolute atomic E-state index is 0.0364. The molecule has 1 aromatic rings. The Labute approximate surface area is 135 Å². The van der Waals surface area contributed by atoms with Gasteiger partial charge in [-0.15, -0.1) is 0 Å². The van der Waals surface area contributed by atoms with Crippen LogP contribution in [0.1, 0.15) is 30.1 Å². The van der Waals surface area contributed by atoms with E-state index in [0.717, 1.165) is 36.9 Å². The Hall–Kier alpha value is -1.07. The molecule has 0 aliphatic carbocycles. The van der Waals surface area contributed by atoms with Gasteiger partial charge in [0, 0.05) is 30.7 Å². The van der Waals surface area contributed by atoms with E-state index in [1.165, 1.54) is 0 Å². The molecular weight excluding hydrogens is 332 g/mol. The molecule has 1 amide bonds. The van der Waals surface area contributed by atoms with Gasteiger partial charge in [-0.2, -0.15) is 0 Å². The molecule has 21 heavy (non-hydrogen) atoms. The Kier molecular flexibility index (Phi) is 5.65. The number of amides is 1. The molecule has 0 aromatic heterocycles. The summed E-state index contributed by atoms with van der Waals surface area (Å²) in [5.74, 6) is 0.654. The van der Waals surface area contributed by atoms with E-state index < -0.39 is 0 Å². The number of piperidine rings is 1. The SMILES string of the molecule is CCN1CCC(N(C)C(=O)c2ccc(Br)cc2OC)CC1. The smallest absolute Gasteiger partial charge is 0.257 e. The minimum Gasteiger partial charge on any atom is -0.496 e. The van der Waals surface area contributed by atoms with Gasteiger partial charge in [0.25, 0.3) is 5.91 Å². The van der Waals surface area contributed by atoms with Crippen LogP contribution in [0.4, 0.5) is 0 Å². The minimum atomic E-state index is 0.0364. The average molecular weight is 355 g/mol. The third-order valence-corrected chi connectivity index (χ3v) is 4.76. The Bertz CT molecular complexity index is 499. The van der Waals surface area contributed by atoms with Crippen molar-refractivity contribution in [2.24, 2.45) is 0 Å². The fourth-order valence-corrected chi connectivity index (χ4v) is 3.16. The lowest BCUT2D eigenvalue weighted by Crippen LogP contribution is -2.45. The predicted molar refractivity (Wildman–Crippen MR) is 87.9 cm³/mol. The van der Waals surface area contributed by atoms with Gasteiger partial charge in [-0.05, 0) is 37.6 Å². The molecule has 0 unspecified atom stereocenters. The molecule has 0 spiro atoms. The lowest BCUT2D eigenvalue weighted by molar-refractivity contribution is 0.0643. The summed E-state index contributed by atoms with van der Waals surface area (Å²) < 4.78 is 6.25. The number of benzene rings is 1. The van der Waals surface area contributed by atoms with Crippen molar-refractivity contribution >= 4 is 21.8 Å². The number of methoxy groups -OCH3 is 1. The van der Waals surface area contributed by atoms with Crippen LogP contribution < -0.4 is 4.74 Å². The van der Waals surface area contributed by atoms with Gasteiger partial charge in [-0.25, -0.2) is 0 Å². The monoisotopic (exact) mass is 354 g/mol. The highest BCUT2D eigenvalue weighted by Crippen LogP contribution is 2.26. The molecular formula is C16H23BrN2O2. The first kappa shape index (κ1) is 16.3. The standard InChI is InChI=1S/C16H23BrN2O2/c1-4-19-9-7-13(8-10-19)18(2)16(20)14-6-5-12(17)11-15(14)21-3/h5-6,11,13H,4,7-10H2,1-3H3. The van der Waals surface area contributed by atoms with Crippen molar-refractivity contribution in [2.75, 3.05) is 33.8 Å². The topological polar surface area (TPSA) is 32.8 Å². The maximum atomic E-state index is 12.7. The van der Waals surface area contributed by atoms with Gasteiger partial charge in [0.05, 0.1) is 12.7 Å². The quantitative estimate of drug-likeness (QED) is 0.832. The number of halogens is 1. The van der Waals surface area contributed by atoms with Crippen molar-refractivity contribution in [3.8, 4) is 5.75 Å². The fraction of sp³-hybridized carbons (Fsp3) is 0.562. The zero-order valence-corrected chi connectivity index (χ0v) is 14.5. The second-order valence-corrected chi connectivity index (χ2v) is 6.34. The van der Waals surface area contributed by atoms with E-state index in [-0.39, 0.29) is 5.91 Å². The summed E-state index contributed by atoms with van der Waals surface area (Å²) in [7, 11) is 3.49. The molecule has 1 aliphatic rings. The summed E-state index contributed by atoms with van der Waals surface area (Å²) >= 11 is 3.40. The van der Waals surface area contributed by atoms with Crippen molar-refractivity contribution in [1.82, 2.24) is 9.80 Å². The van der Waals surface area contributed by atoms with E-state index in [1.54, 1.807) is 7.11 Å². The highest BCUT2D eigenvalue weighted by Gasteiger charge is 2.26. The summed E-state index contributed by atoms with van der Waals surface area (Å²) in [6, 6.07) is 5.85. The molecule has 5 heteroatoms. The van der Waals surface area contributed by atoms with Crippen LogP contribution in [0.25, 0.3) is 0 Å². The van der Waals surface area contributed by atoms with Crippen LogP contribution in [0.2, 0.25) is 0 Å². The largest absolute Gasteiger partial charge is 0.496 e. The third kappa shape index (κ3) is 3.77. The maximum Gasteiger partial charge on any atom is 0.257 e. The molecule has 0 bridgehead atoms. The fourth-order valence-electron chi connectivity index (χ4n) is 2.82. The third-order valence-electron chi connectivity index (χ3n) is 4.27. The highest BCUT2D eigenvalue weighted by molar-refractivity contribution is 9.10. The van der Waals surface area contributed by atoms with Gasteiger partial charge in [-0.1, -0.05) is 22.9 Å². The summed E-state index contributed by atoms with van der Waals surface area (Å²) in [4.78, 5) is 17.0. The summed E-state index contributed by atoms with van der Waals surface area (Å²) in [5.41, 5.74) is 0.626. The molecule has 2 rings (SSSR count). The van der Waals surface area contributed by atoms with Gasteiger partial charge >= 0.3 is 0 Å². The lowest BCUT2D eigenvalue weighted by atomic mass is 10.0. The van der Waals surface area contributed by atoms with E-state index >= 15 is 0 Å². The molecule has 4 nitrogen and oxygen atoms in total. The Morgan fingerprint density at radius 2 is 2.10 bits per heavy atom. The van der Waals surface area contributed by atoms with Crippen molar-refractivity contribution in [3.63, 3.8) is 0 Å². The van der Waals surface area contributed by atoms with Crippen molar-refractivity contribution in [2.45, 2.75) is 25.8 Å². The molecule has 1 heterocycles. The number of rotatable bonds is 4. The molecule has 1 aromatic carbocycles. The lowest BCUT2D eigenvalue weighted by Gasteiger charge is -2.36. The van der Waals surface area contributed by atoms with Crippen molar-refractivity contribution < 1.29 is 9.53 Å². The van der Waals surface area contributed by atoms with Gasteiger partial charge in [0.2, 0.25) is 0 Å². The van der Waals surface area contributed by atoms with Gasteiger partial charge in [-0.3, -0.25) is 4.79 Å². The maximum absolute atomic E-state index is 12.7. The van der Waals surface area contributed by atoms with Crippen LogP contribution in [0.5, 0.6) is 5.75 Å². The van der Waals surface area contributed by atoms with Crippen LogP contribution in [-0.2, 0) is 0 Å². The molecule has 0 radical (unpaired) electrons. The van der Waals surface area contributed by atoms with E-state index in [4.69, 9.17) is 4.74 Å². The number of ether oxygens (including phenoxy) is 1. The molecule has 1 fully saturated rings. The van der Waals surface area contributed by atoms with Crippen LogP contribution >= 0.6 is 15.9 Å². The van der Waals surface area contributed by atoms with Crippen LogP contribution in [-0.4, -0.2) is 55.5 Å². The van der Waals surface area contributed by atoms with Gasteiger partial charge in [0.1, 0.15) is 5.75 Å². The summed E-state index contributed by atoms with van der Waals surface area (Å²) in [6.07, 6.45) is 2.07. The summed E-state index contributed by atoms with van der Waals surface area (Å²) in [5, 5.41) is 0. The number of carbonyl (C=O) groups excluding carboxylic acids is 1. The van der Waals surface area contributed by atoms with Crippen molar-refractivity contribution in [1.29, 1.82) is 0 Å². The summed E-state index contributed by atoms with van der Waals surface area (Å²) in [6.45, 7) is 5.40. The van der Waals surface area contributed by atoms with Gasteiger partial charge < -0.3 is 14.5 Å². The predicted octanol–water partition coefficient (Wildman–Crippen LogP) is 3.01. The molecule has 1 saturated heterocycles. The van der Waals surface area contributed by atoms with E-state index in [2.05, 4.69) is 27.8 Å². The second-order valence-electron chi connectivity index (χ2n) is 5.43. The van der Waals surface area contributed by atoms with E-state index in [1.807, 2.05) is 30.1 Å². The number of likely N-dealkylation sites (tertiary alicyclic amines) is 1. The Morgan fingerprint density at radius 1 is 1.43 bits per heavy atom. The zero-order chi connectivity index (χ0) is 15.4. The van der Waals surface area contributed by atoms with Crippen LogP contribution in [0.15, 0.2) is 22.7 Å². The highest BCUT2D eigenvalue weighted by atomic mass is 79.9. The van der Waals surface area contributed by atoms with Crippen molar-refractivity contribution in [3.05, 3.63) is 28.2 Å². The molecule has 0 N–H and O–H groups in total. The zero-order valence-electron chi connectivity index (χ0n) is 12.9. The molecule has 0 saturated carbocycles. The molecule has 1 aliphatic heterocycles. The number of carbonyl (C=O) groups is 1. The Morgan fingerprint density at radius 3 is 2.67 bits per heavy atom. The van der Waals surface area contributed by atoms with E-state index in [9.17, 15) is 4.79 Å². The Balaban J connectivity index is 2.09. The van der Waals surface area contributed by atoms with Crippen LogP contribution in [0, 0.1) is 0 Å². The van der Waals surface area contributed by atoms with E-state index in [0.29, 0.717) is 17.4 Å². The number of hydrogen-bond donors (Lipinski definition) is 0. The second kappa shape index (κ2) is 7.27. The normalized spacial score (nSPS) is 16.8. The first-order valence-electron chi connectivity index (χ1n) is 7.39. The molecule has 0 atom stereocenters. The molecule has 116 valence electrons.